The molecular formula is C15H24N4O. The summed E-state index contributed by atoms with van der Waals surface area (Å²) in [5, 5.41) is 2.92. The highest BCUT2D eigenvalue weighted by atomic mass is 16.2. The summed E-state index contributed by atoms with van der Waals surface area (Å²) in [6.45, 7) is 7.02. The average molecular weight is 276 g/mol. The van der Waals surface area contributed by atoms with Crippen LogP contribution < -0.4 is 16.0 Å². The van der Waals surface area contributed by atoms with Gasteiger partial charge in [0.05, 0.1) is 6.54 Å². The molecule has 1 fully saturated rings. The lowest BCUT2D eigenvalue weighted by atomic mass is 10.2. The molecule has 0 aliphatic carbocycles. The molecule has 2 rings (SSSR count). The molecule has 0 spiro atoms. The maximum atomic E-state index is 11.7. The molecule has 1 aromatic carbocycles. The number of rotatable bonds is 5. The van der Waals surface area contributed by atoms with Gasteiger partial charge in [-0.05, 0) is 24.6 Å². The van der Waals surface area contributed by atoms with Crippen LogP contribution in [0, 0.1) is 0 Å². The van der Waals surface area contributed by atoms with E-state index in [2.05, 4.69) is 28.1 Å². The van der Waals surface area contributed by atoms with E-state index in [1.807, 2.05) is 18.2 Å². The predicted molar refractivity (Wildman–Crippen MR) is 82.8 cm³/mol. The third-order valence-electron chi connectivity index (χ3n) is 3.55. The first-order valence-electron chi connectivity index (χ1n) is 7.28. The number of nitrogens with zero attached hydrogens (tertiary/aromatic N) is 2. The lowest BCUT2D eigenvalue weighted by Gasteiger charge is -2.35. The van der Waals surface area contributed by atoms with Crippen molar-refractivity contribution in [2.45, 2.75) is 13.3 Å². The molecule has 1 aliphatic rings. The van der Waals surface area contributed by atoms with Gasteiger partial charge in [-0.15, -0.1) is 0 Å². The van der Waals surface area contributed by atoms with Crippen LogP contribution >= 0.6 is 0 Å². The van der Waals surface area contributed by atoms with Gasteiger partial charge in [0.1, 0.15) is 0 Å². The Morgan fingerprint density at radius 2 is 2.05 bits per heavy atom. The molecular weight excluding hydrogens is 252 g/mol. The number of benzene rings is 1. The fourth-order valence-electron chi connectivity index (χ4n) is 2.41. The monoisotopic (exact) mass is 276 g/mol. The molecule has 1 saturated heterocycles. The molecule has 0 atom stereocenters. The van der Waals surface area contributed by atoms with Crippen molar-refractivity contribution in [3.05, 3.63) is 24.3 Å². The zero-order chi connectivity index (χ0) is 14.4. The van der Waals surface area contributed by atoms with Gasteiger partial charge in [0.25, 0.3) is 0 Å². The molecule has 0 unspecified atom stereocenters. The van der Waals surface area contributed by atoms with Crippen molar-refractivity contribution in [2.24, 2.45) is 0 Å². The van der Waals surface area contributed by atoms with Crippen molar-refractivity contribution < 1.29 is 4.79 Å². The van der Waals surface area contributed by atoms with Crippen LogP contribution in [-0.2, 0) is 4.79 Å². The first-order chi connectivity index (χ1) is 9.69. The Hall–Kier alpha value is -1.75. The summed E-state index contributed by atoms with van der Waals surface area (Å²) < 4.78 is 0. The Kier molecular flexibility index (Phi) is 5.24. The normalized spacial score (nSPS) is 16.1. The van der Waals surface area contributed by atoms with Crippen molar-refractivity contribution in [3.63, 3.8) is 0 Å². The number of hydrogen-bond acceptors (Lipinski definition) is 4. The van der Waals surface area contributed by atoms with E-state index < -0.39 is 0 Å². The molecule has 1 aliphatic heterocycles. The largest absolute Gasteiger partial charge is 0.399 e. The van der Waals surface area contributed by atoms with Gasteiger partial charge in [-0.1, -0.05) is 13.0 Å². The van der Waals surface area contributed by atoms with Crippen molar-refractivity contribution in [1.29, 1.82) is 0 Å². The molecule has 3 N–H and O–H groups in total. The minimum atomic E-state index is 0.129. The summed E-state index contributed by atoms with van der Waals surface area (Å²) in [5.41, 5.74) is 7.78. The maximum absolute atomic E-state index is 11.7. The molecule has 110 valence electrons. The van der Waals surface area contributed by atoms with Gasteiger partial charge in [0.2, 0.25) is 5.91 Å². The molecule has 0 bridgehead atoms. The highest BCUT2D eigenvalue weighted by Crippen LogP contribution is 2.18. The highest BCUT2D eigenvalue weighted by molar-refractivity contribution is 5.78. The summed E-state index contributed by atoms with van der Waals surface area (Å²) in [6, 6.07) is 7.97. The smallest absolute Gasteiger partial charge is 0.234 e. The van der Waals surface area contributed by atoms with E-state index >= 15 is 0 Å². The number of anilines is 2. The van der Waals surface area contributed by atoms with Gasteiger partial charge in [-0.25, -0.2) is 0 Å². The van der Waals surface area contributed by atoms with Crippen LogP contribution in [0.2, 0.25) is 0 Å². The average Bonchev–Trinajstić information content (AvgIpc) is 2.46. The van der Waals surface area contributed by atoms with Gasteiger partial charge >= 0.3 is 0 Å². The number of amides is 1. The lowest BCUT2D eigenvalue weighted by molar-refractivity contribution is -0.122. The Bertz CT molecular complexity index is 441. The van der Waals surface area contributed by atoms with E-state index in [1.54, 1.807) is 0 Å². The van der Waals surface area contributed by atoms with Gasteiger partial charge in [-0.2, -0.15) is 0 Å². The van der Waals surface area contributed by atoms with E-state index in [0.29, 0.717) is 6.54 Å². The van der Waals surface area contributed by atoms with E-state index in [1.165, 1.54) is 5.69 Å². The Balaban J connectivity index is 1.79. The lowest BCUT2D eigenvalue weighted by Crippen LogP contribution is -2.49. The fourth-order valence-corrected chi connectivity index (χ4v) is 2.41. The third kappa shape index (κ3) is 4.13. The third-order valence-corrected chi connectivity index (χ3v) is 3.55. The second-order valence-corrected chi connectivity index (χ2v) is 5.21. The van der Waals surface area contributed by atoms with Crippen molar-refractivity contribution in [2.75, 3.05) is 49.9 Å². The number of hydrogen-bond donors (Lipinski definition) is 2. The minimum Gasteiger partial charge on any atom is -0.399 e. The Morgan fingerprint density at radius 1 is 1.30 bits per heavy atom. The second kappa shape index (κ2) is 7.14. The SMILES string of the molecule is CCCNC(=O)CN1CCN(c2cccc(N)c2)CC1. The quantitative estimate of drug-likeness (QED) is 0.785. The van der Waals surface area contributed by atoms with Gasteiger partial charge < -0.3 is 16.0 Å². The molecule has 0 aromatic heterocycles. The van der Waals surface area contributed by atoms with E-state index in [9.17, 15) is 4.79 Å². The number of nitrogen functional groups attached to an aromatic ring is 1. The number of nitrogens with one attached hydrogen (secondary N) is 1. The zero-order valence-electron chi connectivity index (χ0n) is 12.1. The topological polar surface area (TPSA) is 61.6 Å². The number of nitrogens with two attached hydrogens (primary N) is 1. The molecule has 0 saturated carbocycles. The molecule has 20 heavy (non-hydrogen) atoms. The van der Waals surface area contributed by atoms with Crippen LogP contribution in [0.1, 0.15) is 13.3 Å². The van der Waals surface area contributed by atoms with Crippen LogP contribution in [0.15, 0.2) is 24.3 Å². The van der Waals surface area contributed by atoms with Crippen LogP contribution in [0.5, 0.6) is 0 Å². The Morgan fingerprint density at radius 3 is 2.70 bits per heavy atom. The van der Waals surface area contributed by atoms with E-state index in [-0.39, 0.29) is 5.91 Å². The fraction of sp³-hybridized carbons (Fsp3) is 0.533. The van der Waals surface area contributed by atoms with Crippen LogP contribution in [0.4, 0.5) is 11.4 Å². The van der Waals surface area contributed by atoms with Gasteiger partial charge in [0, 0.05) is 44.1 Å². The highest BCUT2D eigenvalue weighted by Gasteiger charge is 2.18. The molecule has 5 nitrogen and oxygen atoms in total. The molecule has 5 heteroatoms. The number of piperazine rings is 1. The van der Waals surface area contributed by atoms with Crippen LogP contribution in [-0.4, -0.2) is 50.1 Å². The summed E-state index contributed by atoms with van der Waals surface area (Å²) in [5.74, 6) is 0.129. The molecule has 1 heterocycles. The Labute approximate surface area is 120 Å². The second-order valence-electron chi connectivity index (χ2n) is 5.21. The zero-order valence-corrected chi connectivity index (χ0v) is 12.1. The summed E-state index contributed by atoms with van der Waals surface area (Å²) in [6.07, 6.45) is 0.981. The molecule has 1 amide bonds. The summed E-state index contributed by atoms with van der Waals surface area (Å²) >= 11 is 0. The van der Waals surface area contributed by atoms with Crippen molar-refractivity contribution >= 4 is 17.3 Å². The molecule has 0 radical (unpaired) electrons. The van der Waals surface area contributed by atoms with Gasteiger partial charge in [0.15, 0.2) is 0 Å². The van der Waals surface area contributed by atoms with Gasteiger partial charge in [-0.3, -0.25) is 9.69 Å². The summed E-state index contributed by atoms with van der Waals surface area (Å²) in [7, 11) is 0. The first-order valence-corrected chi connectivity index (χ1v) is 7.28. The minimum absolute atomic E-state index is 0.129. The maximum Gasteiger partial charge on any atom is 0.234 e. The van der Waals surface area contributed by atoms with Crippen LogP contribution in [0.25, 0.3) is 0 Å². The standard InChI is InChI=1S/C15H24N4O/c1-2-6-17-15(20)12-18-7-9-19(10-8-18)14-5-3-4-13(16)11-14/h3-5,11H,2,6-10,12,16H2,1H3,(H,17,20). The van der Waals surface area contributed by atoms with Crippen LogP contribution in [0.3, 0.4) is 0 Å². The summed E-state index contributed by atoms with van der Waals surface area (Å²) in [4.78, 5) is 16.2. The van der Waals surface area contributed by atoms with Crippen molar-refractivity contribution in [1.82, 2.24) is 10.2 Å². The predicted octanol–water partition coefficient (Wildman–Crippen LogP) is 0.917. The number of carbonyl (C=O) groups excluding carboxylic acids is 1. The first kappa shape index (κ1) is 14.7. The van der Waals surface area contributed by atoms with E-state index in [4.69, 9.17) is 5.73 Å². The molecule has 1 aromatic rings. The van der Waals surface area contributed by atoms with Crippen molar-refractivity contribution in [3.8, 4) is 0 Å². The number of carbonyl (C=O) groups is 1. The van der Waals surface area contributed by atoms with E-state index in [0.717, 1.165) is 44.8 Å².